The second-order valence-corrected chi connectivity index (χ2v) is 9.95. The standard InChI is InChI=1S/C31H31N3O3/c1-20(18-29(35)36)14-16-27-30(22-9-3-2-4-10-22)33-26-17-15-23(19-28(26)32-27)31(37)34-25-13-7-11-21-8-5-6-12-24(21)25/h2-6,8-10,12,15,17,19-20,25H,7,11,13-14,16,18H2,1H3,(H,34,37)(H,35,36)/t20-,25-/m1/s1. The normalized spacial score (nSPS) is 15.6. The summed E-state index contributed by atoms with van der Waals surface area (Å²) in [5.74, 6) is -0.889. The summed E-state index contributed by atoms with van der Waals surface area (Å²) in [6.07, 6.45) is 4.44. The van der Waals surface area contributed by atoms with Gasteiger partial charge >= 0.3 is 5.97 Å². The third-order valence-corrected chi connectivity index (χ3v) is 7.12. The molecule has 5 rings (SSSR count). The Kier molecular flexibility index (Phi) is 7.26. The van der Waals surface area contributed by atoms with Crippen molar-refractivity contribution in [3.05, 3.63) is 95.2 Å². The highest BCUT2D eigenvalue weighted by atomic mass is 16.4. The molecule has 6 heteroatoms. The second-order valence-electron chi connectivity index (χ2n) is 9.95. The summed E-state index contributed by atoms with van der Waals surface area (Å²) in [7, 11) is 0. The zero-order valence-corrected chi connectivity index (χ0v) is 21.0. The van der Waals surface area contributed by atoms with E-state index in [1.807, 2.05) is 61.5 Å². The molecule has 1 aliphatic rings. The number of carbonyl (C=O) groups excluding carboxylic acids is 1. The smallest absolute Gasteiger partial charge is 0.303 e. The summed E-state index contributed by atoms with van der Waals surface area (Å²) < 4.78 is 0. The molecular weight excluding hydrogens is 462 g/mol. The number of rotatable bonds is 8. The van der Waals surface area contributed by atoms with Gasteiger partial charge in [0.15, 0.2) is 0 Å². The molecule has 2 N–H and O–H groups in total. The molecule has 1 aromatic heterocycles. The van der Waals surface area contributed by atoms with Crippen molar-refractivity contribution in [3.8, 4) is 11.3 Å². The lowest BCUT2D eigenvalue weighted by atomic mass is 9.87. The van der Waals surface area contributed by atoms with Crippen LogP contribution in [0.5, 0.6) is 0 Å². The van der Waals surface area contributed by atoms with E-state index in [9.17, 15) is 9.59 Å². The first-order chi connectivity index (χ1) is 18.0. The molecule has 1 heterocycles. The Morgan fingerprint density at radius 1 is 1.00 bits per heavy atom. The molecule has 0 bridgehead atoms. The molecule has 1 aliphatic carbocycles. The fourth-order valence-corrected chi connectivity index (χ4v) is 5.16. The molecule has 0 unspecified atom stereocenters. The Labute approximate surface area is 216 Å². The van der Waals surface area contributed by atoms with E-state index in [2.05, 4.69) is 23.5 Å². The Bertz CT molecular complexity index is 1430. The number of carboxylic acids is 1. The highest BCUT2D eigenvalue weighted by Crippen LogP contribution is 2.30. The highest BCUT2D eigenvalue weighted by Gasteiger charge is 2.22. The van der Waals surface area contributed by atoms with Gasteiger partial charge in [-0.25, -0.2) is 9.97 Å². The van der Waals surface area contributed by atoms with Gasteiger partial charge in [0.05, 0.1) is 28.5 Å². The van der Waals surface area contributed by atoms with Crippen molar-refractivity contribution in [2.75, 3.05) is 0 Å². The van der Waals surface area contributed by atoms with Gasteiger partial charge in [0.2, 0.25) is 0 Å². The Morgan fingerprint density at radius 3 is 2.59 bits per heavy atom. The van der Waals surface area contributed by atoms with Gasteiger partial charge in [-0.15, -0.1) is 0 Å². The number of nitrogens with zero attached hydrogens (tertiary/aromatic N) is 2. The summed E-state index contributed by atoms with van der Waals surface area (Å²) in [4.78, 5) is 34.2. The number of aromatic nitrogens is 2. The summed E-state index contributed by atoms with van der Waals surface area (Å²) in [5, 5.41) is 12.4. The molecule has 2 atom stereocenters. The first-order valence-electron chi connectivity index (χ1n) is 12.9. The number of carbonyl (C=O) groups is 2. The van der Waals surface area contributed by atoms with E-state index >= 15 is 0 Å². The SMILES string of the molecule is C[C@H](CCc1nc2cc(C(=O)N[C@@H]3CCCc4ccccc43)ccc2nc1-c1ccccc1)CC(=O)O. The minimum Gasteiger partial charge on any atom is -0.481 e. The number of aliphatic carboxylic acids is 1. The molecule has 0 aliphatic heterocycles. The van der Waals surface area contributed by atoms with E-state index in [0.717, 1.165) is 41.7 Å². The van der Waals surface area contributed by atoms with Crippen molar-refractivity contribution < 1.29 is 14.7 Å². The quantitative estimate of drug-likeness (QED) is 0.307. The monoisotopic (exact) mass is 493 g/mol. The van der Waals surface area contributed by atoms with Gasteiger partial charge in [-0.05, 0) is 67.3 Å². The van der Waals surface area contributed by atoms with E-state index in [-0.39, 0.29) is 24.3 Å². The predicted molar refractivity (Wildman–Crippen MR) is 144 cm³/mol. The minimum atomic E-state index is -0.795. The molecule has 0 saturated carbocycles. The van der Waals surface area contributed by atoms with Gasteiger partial charge in [0.1, 0.15) is 0 Å². The molecule has 6 nitrogen and oxygen atoms in total. The van der Waals surface area contributed by atoms with Crippen LogP contribution in [0.4, 0.5) is 0 Å². The molecule has 1 amide bonds. The first-order valence-corrected chi connectivity index (χ1v) is 12.9. The van der Waals surface area contributed by atoms with Crippen LogP contribution in [0.15, 0.2) is 72.8 Å². The van der Waals surface area contributed by atoms with E-state index < -0.39 is 5.97 Å². The largest absolute Gasteiger partial charge is 0.481 e. The van der Waals surface area contributed by atoms with Gasteiger partial charge in [0, 0.05) is 17.5 Å². The molecule has 0 saturated heterocycles. The van der Waals surface area contributed by atoms with Gasteiger partial charge in [-0.3, -0.25) is 9.59 Å². The molecule has 0 radical (unpaired) electrons. The maximum atomic E-state index is 13.2. The van der Waals surface area contributed by atoms with Crippen LogP contribution in [0.3, 0.4) is 0 Å². The van der Waals surface area contributed by atoms with Crippen LogP contribution < -0.4 is 5.32 Å². The Hall–Kier alpha value is -4.06. The van der Waals surface area contributed by atoms with E-state index in [4.69, 9.17) is 15.1 Å². The van der Waals surface area contributed by atoms with Crippen molar-refractivity contribution in [1.82, 2.24) is 15.3 Å². The van der Waals surface area contributed by atoms with Crippen LogP contribution in [0.25, 0.3) is 22.3 Å². The van der Waals surface area contributed by atoms with Crippen LogP contribution in [0, 0.1) is 5.92 Å². The lowest BCUT2D eigenvalue weighted by molar-refractivity contribution is -0.138. The average Bonchev–Trinajstić information content (AvgIpc) is 2.91. The number of aryl methyl sites for hydroxylation is 2. The molecule has 0 spiro atoms. The Balaban J connectivity index is 1.44. The number of amides is 1. The minimum absolute atomic E-state index is 0.00553. The molecule has 37 heavy (non-hydrogen) atoms. The van der Waals surface area contributed by atoms with Crippen LogP contribution in [-0.4, -0.2) is 27.0 Å². The summed E-state index contributed by atoms with van der Waals surface area (Å²) in [6.45, 7) is 1.94. The van der Waals surface area contributed by atoms with E-state index in [1.54, 1.807) is 0 Å². The summed E-state index contributed by atoms with van der Waals surface area (Å²) >= 11 is 0. The lowest BCUT2D eigenvalue weighted by Gasteiger charge is -2.26. The van der Waals surface area contributed by atoms with Crippen LogP contribution in [-0.2, 0) is 17.6 Å². The molecule has 3 aromatic carbocycles. The number of hydrogen-bond acceptors (Lipinski definition) is 4. The van der Waals surface area contributed by atoms with Gasteiger partial charge in [0.25, 0.3) is 5.91 Å². The topological polar surface area (TPSA) is 92.2 Å². The number of nitrogens with one attached hydrogen (secondary N) is 1. The van der Waals surface area contributed by atoms with Gasteiger partial charge in [-0.2, -0.15) is 0 Å². The van der Waals surface area contributed by atoms with E-state index in [0.29, 0.717) is 23.9 Å². The van der Waals surface area contributed by atoms with Crippen LogP contribution >= 0.6 is 0 Å². The molecule has 4 aromatic rings. The van der Waals surface area contributed by atoms with Gasteiger partial charge < -0.3 is 10.4 Å². The number of fused-ring (bicyclic) bond motifs is 2. The zero-order valence-electron chi connectivity index (χ0n) is 21.0. The molecular formula is C31H31N3O3. The fraction of sp³-hybridized carbons (Fsp3) is 0.290. The molecule has 0 fully saturated rings. The number of benzene rings is 3. The van der Waals surface area contributed by atoms with Crippen molar-refractivity contribution in [2.45, 2.75) is 51.5 Å². The van der Waals surface area contributed by atoms with Crippen molar-refractivity contribution in [2.24, 2.45) is 5.92 Å². The van der Waals surface area contributed by atoms with Crippen molar-refractivity contribution in [3.63, 3.8) is 0 Å². The second kappa shape index (κ2) is 10.9. The lowest BCUT2D eigenvalue weighted by Crippen LogP contribution is -2.31. The number of hydrogen-bond donors (Lipinski definition) is 2. The fourth-order valence-electron chi connectivity index (χ4n) is 5.16. The first kappa shape index (κ1) is 24.6. The third-order valence-electron chi connectivity index (χ3n) is 7.12. The zero-order chi connectivity index (χ0) is 25.8. The maximum Gasteiger partial charge on any atom is 0.303 e. The van der Waals surface area contributed by atoms with Crippen molar-refractivity contribution in [1.29, 1.82) is 0 Å². The average molecular weight is 494 g/mol. The Morgan fingerprint density at radius 2 is 1.78 bits per heavy atom. The predicted octanol–water partition coefficient (Wildman–Crippen LogP) is 6.15. The number of carboxylic acid groups (broad SMARTS) is 1. The summed E-state index contributed by atoms with van der Waals surface area (Å²) in [6, 6.07) is 23.7. The van der Waals surface area contributed by atoms with Crippen LogP contribution in [0.1, 0.15) is 65.8 Å². The van der Waals surface area contributed by atoms with Crippen molar-refractivity contribution >= 4 is 22.9 Å². The third kappa shape index (κ3) is 5.69. The highest BCUT2D eigenvalue weighted by molar-refractivity contribution is 5.97. The summed E-state index contributed by atoms with van der Waals surface area (Å²) in [5.41, 5.74) is 7.03. The van der Waals surface area contributed by atoms with Crippen LogP contribution in [0.2, 0.25) is 0 Å². The van der Waals surface area contributed by atoms with Gasteiger partial charge in [-0.1, -0.05) is 61.5 Å². The van der Waals surface area contributed by atoms with E-state index in [1.165, 1.54) is 11.1 Å². The molecule has 188 valence electrons. The maximum absolute atomic E-state index is 13.2.